The molecule has 0 spiro atoms. The van der Waals surface area contributed by atoms with Crippen LogP contribution >= 0.6 is 11.3 Å². The zero-order chi connectivity index (χ0) is 12.3. The van der Waals surface area contributed by atoms with Gasteiger partial charge in [0.2, 0.25) is 0 Å². The highest BCUT2D eigenvalue weighted by Gasteiger charge is 2.28. The molecule has 1 aromatic rings. The van der Waals surface area contributed by atoms with E-state index in [4.69, 9.17) is 0 Å². The zero-order valence-electron chi connectivity index (χ0n) is 11.1. The van der Waals surface area contributed by atoms with Crippen molar-refractivity contribution in [1.82, 2.24) is 15.2 Å². The van der Waals surface area contributed by atoms with Crippen molar-refractivity contribution in [3.63, 3.8) is 0 Å². The molecule has 0 bridgehead atoms. The Balaban J connectivity index is 1.81. The SMILES string of the molecule is CC(C)(C)C1CN(CCc2cscn2)CCN1. The van der Waals surface area contributed by atoms with Crippen LogP contribution in [0.3, 0.4) is 0 Å². The second kappa shape index (κ2) is 5.46. The second-order valence-electron chi connectivity index (χ2n) is 5.90. The van der Waals surface area contributed by atoms with Gasteiger partial charge in [-0.05, 0) is 5.41 Å². The van der Waals surface area contributed by atoms with E-state index in [-0.39, 0.29) is 0 Å². The van der Waals surface area contributed by atoms with Gasteiger partial charge in [0, 0.05) is 44.0 Å². The third kappa shape index (κ3) is 3.76. The monoisotopic (exact) mass is 253 g/mol. The molecule has 1 saturated heterocycles. The molecule has 2 rings (SSSR count). The minimum absolute atomic E-state index is 0.347. The van der Waals surface area contributed by atoms with Crippen molar-refractivity contribution in [2.75, 3.05) is 26.2 Å². The largest absolute Gasteiger partial charge is 0.311 e. The fourth-order valence-corrected chi connectivity index (χ4v) is 2.82. The summed E-state index contributed by atoms with van der Waals surface area (Å²) in [4.78, 5) is 6.91. The molecule has 0 aliphatic carbocycles. The molecular formula is C13H23N3S. The summed E-state index contributed by atoms with van der Waals surface area (Å²) in [5.74, 6) is 0. The maximum atomic E-state index is 4.34. The second-order valence-corrected chi connectivity index (χ2v) is 6.62. The lowest BCUT2D eigenvalue weighted by molar-refractivity contribution is 0.135. The van der Waals surface area contributed by atoms with Crippen molar-refractivity contribution >= 4 is 11.3 Å². The van der Waals surface area contributed by atoms with Gasteiger partial charge in [-0.15, -0.1) is 11.3 Å². The summed E-state index contributed by atoms with van der Waals surface area (Å²) in [6.07, 6.45) is 1.08. The number of nitrogens with one attached hydrogen (secondary N) is 1. The number of nitrogens with zero attached hydrogens (tertiary/aromatic N) is 2. The first-order valence-corrected chi connectivity index (χ1v) is 7.33. The van der Waals surface area contributed by atoms with Gasteiger partial charge >= 0.3 is 0 Å². The number of hydrogen-bond acceptors (Lipinski definition) is 4. The molecule has 17 heavy (non-hydrogen) atoms. The van der Waals surface area contributed by atoms with E-state index in [1.54, 1.807) is 11.3 Å². The Morgan fingerprint density at radius 3 is 3.00 bits per heavy atom. The van der Waals surface area contributed by atoms with Gasteiger partial charge in [0.15, 0.2) is 0 Å². The molecule has 4 heteroatoms. The third-order valence-corrected chi connectivity index (χ3v) is 4.11. The van der Waals surface area contributed by atoms with E-state index < -0.39 is 0 Å². The highest BCUT2D eigenvalue weighted by molar-refractivity contribution is 7.07. The van der Waals surface area contributed by atoms with Gasteiger partial charge in [0.1, 0.15) is 0 Å². The van der Waals surface area contributed by atoms with Crippen LogP contribution in [0, 0.1) is 5.41 Å². The average Bonchev–Trinajstić information content (AvgIpc) is 2.78. The summed E-state index contributed by atoms with van der Waals surface area (Å²) in [7, 11) is 0. The Labute approximate surface area is 108 Å². The molecule has 1 aromatic heterocycles. The zero-order valence-corrected chi connectivity index (χ0v) is 11.9. The minimum atomic E-state index is 0.347. The Morgan fingerprint density at radius 1 is 1.53 bits per heavy atom. The number of rotatable bonds is 3. The molecule has 3 nitrogen and oxygen atoms in total. The normalized spacial score (nSPS) is 22.9. The molecule has 1 aliphatic heterocycles. The molecule has 96 valence electrons. The highest BCUT2D eigenvalue weighted by Crippen LogP contribution is 2.21. The van der Waals surface area contributed by atoms with Gasteiger partial charge < -0.3 is 10.2 Å². The lowest BCUT2D eigenvalue weighted by Gasteiger charge is -2.40. The predicted octanol–water partition coefficient (Wildman–Crippen LogP) is 2.01. The van der Waals surface area contributed by atoms with E-state index in [2.05, 4.69) is 41.4 Å². The van der Waals surface area contributed by atoms with Crippen LogP contribution in [0.4, 0.5) is 0 Å². The van der Waals surface area contributed by atoms with E-state index >= 15 is 0 Å². The van der Waals surface area contributed by atoms with Crippen LogP contribution in [0.15, 0.2) is 10.9 Å². The minimum Gasteiger partial charge on any atom is -0.311 e. The fraction of sp³-hybridized carbons (Fsp3) is 0.769. The molecule has 0 amide bonds. The summed E-state index contributed by atoms with van der Waals surface area (Å²) < 4.78 is 0. The number of thiazole rings is 1. The summed E-state index contributed by atoms with van der Waals surface area (Å²) in [5.41, 5.74) is 3.51. The highest BCUT2D eigenvalue weighted by atomic mass is 32.1. The van der Waals surface area contributed by atoms with Gasteiger partial charge in [-0.3, -0.25) is 0 Å². The third-order valence-electron chi connectivity index (χ3n) is 3.47. The molecule has 1 fully saturated rings. The van der Waals surface area contributed by atoms with Crippen molar-refractivity contribution in [1.29, 1.82) is 0 Å². The molecular weight excluding hydrogens is 230 g/mol. The topological polar surface area (TPSA) is 28.2 Å². The van der Waals surface area contributed by atoms with Crippen LogP contribution in [-0.2, 0) is 6.42 Å². The van der Waals surface area contributed by atoms with Crippen LogP contribution in [0.25, 0.3) is 0 Å². The molecule has 0 radical (unpaired) electrons. The number of piperazine rings is 1. The molecule has 1 aliphatic rings. The number of aromatic nitrogens is 1. The number of hydrogen-bond donors (Lipinski definition) is 1. The van der Waals surface area contributed by atoms with Crippen molar-refractivity contribution < 1.29 is 0 Å². The quantitative estimate of drug-likeness (QED) is 0.893. The van der Waals surface area contributed by atoms with E-state index in [0.717, 1.165) is 32.6 Å². The average molecular weight is 253 g/mol. The maximum absolute atomic E-state index is 4.34. The van der Waals surface area contributed by atoms with Gasteiger partial charge in [0.05, 0.1) is 11.2 Å². The predicted molar refractivity (Wildman–Crippen MR) is 73.5 cm³/mol. The fourth-order valence-electron chi connectivity index (χ4n) is 2.23. The van der Waals surface area contributed by atoms with Gasteiger partial charge in [-0.25, -0.2) is 4.98 Å². The van der Waals surface area contributed by atoms with Crippen LogP contribution < -0.4 is 5.32 Å². The van der Waals surface area contributed by atoms with Gasteiger partial charge in [-0.2, -0.15) is 0 Å². The lowest BCUT2D eigenvalue weighted by atomic mass is 9.85. The Hall–Kier alpha value is -0.450. The first-order valence-electron chi connectivity index (χ1n) is 6.38. The van der Waals surface area contributed by atoms with E-state index in [0.29, 0.717) is 11.5 Å². The standard InChI is InChI=1S/C13H23N3S/c1-13(2,3)12-8-16(7-5-14-12)6-4-11-9-17-10-15-11/h9-10,12,14H,4-8H2,1-3H3. The van der Waals surface area contributed by atoms with Crippen molar-refractivity contribution in [3.8, 4) is 0 Å². The first kappa shape index (κ1) is 13.0. The van der Waals surface area contributed by atoms with Gasteiger partial charge in [0.25, 0.3) is 0 Å². The summed E-state index contributed by atoms with van der Waals surface area (Å²) >= 11 is 1.69. The summed E-state index contributed by atoms with van der Waals surface area (Å²) in [6, 6.07) is 0.603. The molecule has 1 unspecified atom stereocenters. The van der Waals surface area contributed by atoms with E-state index in [1.807, 2.05) is 5.51 Å². The smallest absolute Gasteiger partial charge is 0.0794 e. The van der Waals surface area contributed by atoms with Crippen molar-refractivity contribution in [2.24, 2.45) is 5.41 Å². The lowest BCUT2D eigenvalue weighted by Crippen LogP contribution is -2.56. The molecule has 1 N–H and O–H groups in total. The first-order chi connectivity index (χ1) is 8.05. The molecule has 0 aromatic carbocycles. The van der Waals surface area contributed by atoms with Crippen molar-refractivity contribution in [3.05, 3.63) is 16.6 Å². The Morgan fingerprint density at radius 2 is 2.35 bits per heavy atom. The van der Waals surface area contributed by atoms with Gasteiger partial charge in [-0.1, -0.05) is 20.8 Å². The summed E-state index contributed by atoms with van der Waals surface area (Å²) in [6.45, 7) is 11.5. The van der Waals surface area contributed by atoms with Crippen LogP contribution in [0.5, 0.6) is 0 Å². The Kier molecular flexibility index (Phi) is 4.17. The summed E-state index contributed by atoms with van der Waals surface area (Å²) in [5, 5.41) is 5.78. The Bertz CT molecular complexity index is 329. The maximum Gasteiger partial charge on any atom is 0.0794 e. The molecule has 0 saturated carbocycles. The van der Waals surface area contributed by atoms with E-state index in [9.17, 15) is 0 Å². The van der Waals surface area contributed by atoms with Crippen LogP contribution in [0.2, 0.25) is 0 Å². The van der Waals surface area contributed by atoms with Crippen molar-refractivity contribution in [2.45, 2.75) is 33.2 Å². The molecule has 1 atom stereocenters. The van der Waals surface area contributed by atoms with Crippen LogP contribution in [0.1, 0.15) is 26.5 Å². The van der Waals surface area contributed by atoms with Crippen LogP contribution in [-0.4, -0.2) is 42.1 Å². The molecule has 2 heterocycles. The van der Waals surface area contributed by atoms with E-state index in [1.165, 1.54) is 5.69 Å².